The molecule has 3 N–H and O–H groups in total. The summed E-state index contributed by atoms with van der Waals surface area (Å²) in [5.74, 6) is -0.420. The first kappa shape index (κ1) is 23.8. The number of carbonyl (C=O) groups excluding carboxylic acids is 1. The van der Waals surface area contributed by atoms with E-state index in [1.807, 2.05) is 48.6 Å². The predicted molar refractivity (Wildman–Crippen MR) is 140 cm³/mol. The molecule has 38 heavy (non-hydrogen) atoms. The van der Waals surface area contributed by atoms with Crippen LogP contribution in [0.25, 0.3) is 0 Å². The van der Waals surface area contributed by atoms with Gasteiger partial charge in [-0.05, 0) is 30.2 Å². The second-order valence-corrected chi connectivity index (χ2v) is 9.10. The van der Waals surface area contributed by atoms with Crippen molar-refractivity contribution in [1.82, 2.24) is 21.2 Å². The van der Waals surface area contributed by atoms with Crippen LogP contribution in [-0.4, -0.2) is 55.1 Å². The summed E-state index contributed by atoms with van der Waals surface area (Å²) < 4.78 is 11.5. The van der Waals surface area contributed by atoms with Crippen molar-refractivity contribution in [1.29, 1.82) is 5.26 Å². The number of benzene rings is 1. The molecule has 0 radical (unpaired) electrons. The molecule has 2 aromatic rings. The molecule has 0 saturated carbocycles. The number of ether oxygens (including phenoxy) is 2. The van der Waals surface area contributed by atoms with E-state index in [1.165, 1.54) is 0 Å². The molecule has 1 aliphatic carbocycles. The highest BCUT2D eigenvalue weighted by atomic mass is 16.5. The smallest absolute Gasteiger partial charge is 0.304 e. The average molecular weight is 511 g/mol. The fraction of sp³-hybridized carbons (Fsp3) is 0.296. The first-order chi connectivity index (χ1) is 18.7. The lowest BCUT2D eigenvalue weighted by Gasteiger charge is -2.30. The highest BCUT2D eigenvalue weighted by Gasteiger charge is 2.34. The van der Waals surface area contributed by atoms with Gasteiger partial charge in [0.25, 0.3) is 5.91 Å². The van der Waals surface area contributed by atoms with Crippen LogP contribution in [0.5, 0.6) is 0 Å². The first-order valence-corrected chi connectivity index (χ1v) is 12.5. The Morgan fingerprint density at radius 3 is 2.79 bits per heavy atom. The fourth-order valence-corrected chi connectivity index (χ4v) is 4.87. The van der Waals surface area contributed by atoms with E-state index in [9.17, 15) is 10.1 Å². The quantitative estimate of drug-likeness (QED) is 0.565. The lowest BCUT2D eigenvalue weighted by atomic mass is 9.88. The Morgan fingerprint density at radius 1 is 1.13 bits per heavy atom. The number of anilines is 1. The summed E-state index contributed by atoms with van der Waals surface area (Å²) in [6.07, 6.45) is 4.86. The van der Waals surface area contributed by atoms with Crippen LogP contribution in [0.4, 0.5) is 5.69 Å². The van der Waals surface area contributed by atoms with Crippen LogP contribution in [0.2, 0.25) is 0 Å². The van der Waals surface area contributed by atoms with Crippen LogP contribution >= 0.6 is 0 Å². The molecule has 2 saturated heterocycles. The number of amides is 1. The number of rotatable bonds is 4. The molecule has 2 fully saturated rings. The van der Waals surface area contributed by atoms with Crippen molar-refractivity contribution in [2.45, 2.75) is 18.8 Å². The second kappa shape index (κ2) is 10.5. The molecule has 11 nitrogen and oxygen atoms in total. The molecule has 11 heteroatoms. The number of nitrogens with one attached hydrogen (secondary N) is 3. The number of pyridine rings is 1. The molecular weight excluding hydrogens is 484 g/mol. The van der Waals surface area contributed by atoms with E-state index in [0.717, 1.165) is 29.1 Å². The maximum absolute atomic E-state index is 13.2. The summed E-state index contributed by atoms with van der Waals surface area (Å²) in [5, 5.41) is 12.4. The number of hydrazine groups is 1. The van der Waals surface area contributed by atoms with E-state index in [0.29, 0.717) is 32.0 Å². The Hall–Kier alpha value is -4.53. The molecule has 4 heterocycles. The molecular formula is C27H26N8O3. The van der Waals surface area contributed by atoms with Gasteiger partial charge in [-0.1, -0.05) is 42.5 Å². The zero-order valence-electron chi connectivity index (χ0n) is 20.5. The normalized spacial score (nSPS) is 25.8. The molecule has 1 aromatic heterocycles. The van der Waals surface area contributed by atoms with Gasteiger partial charge in [-0.25, -0.2) is 4.98 Å². The topological polar surface area (TPSA) is 136 Å². The van der Waals surface area contributed by atoms with Crippen LogP contribution in [0.1, 0.15) is 29.6 Å². The third-order valence-electron chi connectivity index (χ3n) is 6.72. The Bertz CT molecular complexity index is 1390. The second-order valence-electron chi connectivity index (χ2n) is 9.10. The lowest BCUT2D eigenvalue weighted by molar-refractivity contribution is -0.121. The van der Waals surface area contributed by atoms with Crippen molar-refractivity contribution in [2.24, 2.45) is 15.9 Å². The molecule has 3 atom stereocenters. The summed E-state index contributed by atoms with van der Waals surface area (Å²) in [6, 6.07) is 15.6. The Morgan fingerprint density at radius 2 is 1.97 bits per heavy atom. The van der Waals surface area contributed by atoms with Gasteiger partial charge in [-0.2, -0.15) is 15.7 Å². The van der Waals surface area contributed by atoms with Crippen LogP contribution in [0, 0.1) is 17.2 Å². The largest absolute Gasteiger partial charge is 0.437 e. The predicted octanol–water partition coefficient (Wildman–Crippen LogP) is 1.67. The van der Waals surface area contributed by atoms with Gasteiger partial charge in [0, 0.05) is 24.7 Å². The van der Waals surface area contributed by atoms with Crippen molar-refractivity contribution in [2.75, 3.05) is 31.2 Å². The van der Waals surface area contributed by atoms with E-state index in [2.05, 4.69) is 43.2 Å². The van der Waals surface area contributed by atoms with Crippen molar-refractivity contribution < 1.29 is 14.3 Å². The SMILES string of the molecule is N#Cc1ccc(N2CCOCC2)c(C2NN/C(=N\[C@H]3N=C(c4ccccc4)C4CC=CC=C4NC3=O)O2)n1. The first-order valence-electron chi connectivity index (χ1n) is 12.5. The maximum Gasteiger partial charge on any atom is 0.304 e. The maximum atomic E-state index is 13.2. The summed E-state index contributed by atoms with van der Waals surface area (Å²) in [7, 11) is 0. The molecule has 3 aliphatic heterocycles. The van der Waals surface area contributed by atoms with E-state index >= 15 is 0 Å². The van der Waals surface area contributed by atoms with Crippen molar-refractivity contribution in [3.8, 4) is 6.07 Å². The van der Waals surface area contributed by atoms with Gasteiger partial charge >= 0.3 is 6.02 Å². The van der Waals surface area contributed by atoms with E-state index < -0.39 is 12.4 Å². The Balaban J connectivity index is 1.30. The number of aromatic nitrogens is 1. The van der Waals surface area contributed by atoms with Gasteiger partial charge in [0.2, 0.25) is 12.4 Å². The molecule has 1 aromatic carbocycles. The molecule has 0 bridgehead atoms. The third kappa shape index (κ3) is 4.74. The number of aliphatic imine (C=N–C) groups is 2. The van der Waals surface area contributed by atoms with Crippen molar-refractivity contribution in [3.05, 3.63) is 83.3 Å². The highest BCUT2D eigenvalue weighted by Crippen LogP contribution is 2.30. The number of nitriles is 1. The zero-order valence-corrected chi connectivity index (χ0v) is 20.5. The minimum absolute atomic E-state index is 0.0751. The molecule has 6 rings (SSSR count). The number of allylic oxidation sites excluding steroid dienone is 4. The van der Waals surface area contributed by atoms with E-state index in [1.54, 1.807) is 6.07 Å². The van der Waals surface area contributed by atoms with Gasteiger partial charge in [0.15, 0.2) is 0 Å². The summed E-state index contributed by atoms with van der Waals surface area (Å²) in [4.78, 5) is 29.1. The molecule has 1 amide bonds. The minimum atomic E-state index is -1.06. The highest BCUT2D eigenvalue weighted by molar-refractivity contribution is 6.07. The van der Waals surface area contributed by atoms with Crippen molar-refractivity contribution in [3.63, 3.8) is 0 Å². The number of carbonyl (C=O) groups is 1. The number of morpholine rings is 1. The van der Waals surface area contributed by atoms with Gasteiger partial charge in [0.05, 0.1) is 24.6 Å². The number of hydrogen-bond donors (Lipinski definition) is 3. The van der Waals surface area contributed by atoms with E-state index in [-0.39, 0.29) is 23.5 Å². The van der Waals surface area contributed by atoms with Crippen LogP contribution in [0.3, 0.4) is 0 Å². The van der Waals surface area contributed by atoms with E-state index in [4.69, 9.17) is 14.5 Å². The van der Waals surface area contributed by atoms with Gasteiger partial charge in [0.1, 0.15) is 17.5 Å². The summed E-state index contributed by atoms with van der Waals surface area (Å²) in [6.45, 7) is 2.61. The fourth-order valence-electron chi connectivity index (χ4n) is 4.87. The van der Waals surface area contributed by atoms with Gasteiger partial charge < -0.3 is 19.7 Å². The Kier molecular flexibility index (Phi) is 6.56. The minimum Gasteiger partial charge on any atom is -0.437 e. The third-order valence-corrected chi connectivity index (χ3v) is 6.72. The Labute approximate surface area is 219 Å². The van der Waals surface area contributed by atoms with Gasteiger partial charge in [-0.3, -0.25) is 15.2 Å². The average Bonchev–Trinajstić information content (AvgIpc) is 3.39. The number of fused-ring (bicyclic) bond motifs is 1. The van der Waals surface area contributed by atoms with Gasteiger partial charge in [-0.15, -0.1) is 0 Å². The number of nitrogens with zero attached hydrogens (tertiary/aromatic N) is 5. The van der Waals surface area contributed by atoms with Crippen LogP contribution in [-0.2, 0) is 14.3 Å². The number of hydrogen-bond acceptors (Lipinski definition) is 9. The van der Waals surface area contributed by atoms with Crippen LogP contribution in [0.15, 0.2) is 76.4 Å². The molecule has 4 aliphatic rings. The lowest BCUT2D eigenvalue weighted by Crippen LogP contribution is -2.38. The summed E-state index contributed by atoms with van der Waals surface area (Å²) >= 11 is 0. The molecule has 0 spiro atoms. The van der Waals surface area contributed by atoms with Crippen LogP contribution < -0.4 is 21.1 Å². The standard InChI is InChI=1S/C27H26N8O3/c28-16-18-10-11-21(35-12-14-37-15-13-35)23(29-18)26-33-34-27(38-26)32-24-25(36)30-20-9-5-4-8-19(20)22(31-24)17-6-2-1-3-7-17/h1-7,9-11,19,24,26,33H,8,12-15H2,(H,30,36)(H,32,34)/t19?,24-,26?/m1/s1. The molecule has 2 unspecified atom stereocenters. The summed E-state index contributed by atoms with van der Waals surface area (Å²) in [5.41, 5.74) is 10.1. The monoisotopic (exact) mass is 510 g/mol. The van der Waals surface area contributed by atoms with Crippen molar-refractivity contribution >= 4 is 23.3 Å². The zero-order chi connectivity index (χ0) is 25.9. The molecule has 192 valence electrons. The number of amidine groups is 1.